The highest BCUT2D eigenvalue weighted by Crippen LogP contribution is 2.36. The van der Waals surface area contributed by atoms with Crippen LogP contribution in [0.1, 0.15) is 12.5 Å². The van der Waals surface area contributed by atoms with Gasteiger partial charge in [-0.1, -0.05) is 91.0 Å². The van der Waals surface area contributed by atoms with E-state index in [1.54, 1.807) is 0 Å². The first-order valence-electron chi connectivity index (χ1n) is 7.80. The molecule has 3 aromatic carbocycles. The van der Waals surface area contributed by atoms with Crippen LogP contribution in [0.2, 0.25) is 0 Å². The Hall–Kier alpha value is -2.57. The van der Waals surface area contributed by atoms with Crippen LogP contribution in [0.5, 0.6) is 0 Å². The summed E-state index contributed by atoms with van der Waals surface area (Å²) in [6.07, 6.45) is 0. The average Bonchev–Trinajstić information content (AvgIpc) is 2.64. The fraction of sp³-hybridized carbons (Fsp3) is 0.0476. The van der Waals surface area contributed by atoms with E-state index in [2.05, 4.69) is 4.99 Å². The van der Waals surface area contributed by atoms with Crippen LogP contribution in [0.25, 0.3) is 0 Å². The second-order valence-corrected chi connectivity index (χ2v) is 7.44. The number of nitrogens with zero attached hydrogens (tertiary/aromatic N) is 1. The van der Waals surface area contributed by atoms with Crippen LogP contribution in [0, 0.1) is 0 Å². The van der Waals surface area contributed by atoms with Gasteiger partial charge in [-0.05, 0) is 23.1 Å². The Balaban J connectivity index is 1.99. The van der Waals surface area contributed by atoms with Crippen LogP contribution in [0.3, 0.4) is 0 Å². The third-order valence-electron chi connectivity index (χ3n) is 3.67. The van der Waals surface area contributed by atoms with Crippen molar-refractivity contribution in [2.75, 3.05) is 0 Å². The van der Waals surface area contributed by atoms with E-state index in [1.807, 2.05) is 97.9 Å². The van der Waals surface area contributed by atoms with Crippen LogP contribution in [0.4, 0.5) is 4.79 Å². The van der Waals surface area contributed by atoms with E-state index in [0.717, 1.165) is 21.9 Å². The second kappa shape index (κ2) is 7.81. The lowest BCUT2D eigenvalue weighted by atomic mass is 10.1. The molecule has 0 atom stereocenters. The molecule has 3 heteroatoms. The van der Waals surface area contributed by atoms with Gasteiger partial charge in [0.1, 0.15) is 0 Å². The SMILES string of the molecule is C/C(=N\C(=O)P(c1ccccc1)c1ccccc1)c1ccccc1. The first-order valence-corrected chi connectivity index (χ1v) is 9.15. The first kappa shape index (κ1) is 16.3. The Morgan fingerprint density at radius 1 is 0.708 bits per heavy atom. The molecule has 3 rings (SSSR count). The van der Waals surface area contributed by atoms with Gasteiger partial charge in [0, 0.05) is 5.71 Å². The molecule has 0 heterocycles. The topological polar surface area (TPSA) is 29.4 Å². The Labute approximate surface area is 143 Å². The molecule has 0 aliphatic carbocycles. The first-order chi connectivity index (χ1) is 11.8. The fourth-order valence-corrected chi connectivity index (χ4v) is 4.39. The maximum absolute atomic E-state index is 13.0. The predicted molar refractivity (Wildman–Crippen MR) is 103 cm³/mol. The molecule has 118 valence electrons. The van der Waals surface area contributed by atoms with Crippen molar-refractivity contribution in [1.29, 1.82) is 0 Å². The van der Waals surface area contributed by atoms with Crippen LogP contribution in [-0.4, -0.2) is 11.4 Å². The molecule has 0 saturated carbocycles. The van der Waals surface area contributed by atoms with Crippen molar-refractivity contribution < 1.29 is 4.79 Å². The molecule has 0 unspecified atom stereocenters. The number of hydrogen-bond donors (Lipinski definition) is 0. The molecule has 3 aromatic rings. The zero-order valence-electron chi connectivity index (χ0n) is 13.5. The van der Waals surface area contributed by atoms with Crippen LogP contribution >= 0.6 is 7.92 Å². The number of carbonyl (C=O) groups excluding carboxylic acids is 1. The van der Waals surface area contributed by atoms with Crippen molar-refractivity contribution >= 4 is 29.9 Å². The van der Waals surface area contributed by atoms with E-state index < -0.39 is 7.92 Å². The molecule has 0 aliphatic rings. The van der Waals surface area contributed by atoms with E-state index in [-0.39, 0.29) is 5.65 Å². The standard InChI is InChI=1S/C21H18NOP/c1-17(18-11-5-2-6-12-18)22-21(23)24(19-13-7-3-8-14-19)20-15-9-4-10-16-20/h2-16H,1H3/b22-17+. The zero-order chi connectivity index (χ0) is 16.8. The Kier molecular flexibility index (Phi) is 5.30. The molecular formula is C21H18NOP. The van der Waals surface area contributed by atoms with Gasteiger partial charge >= 0.3 is 0 Å². The molecular weight excluding hydrogens is 313 g/mol. The molecule has 0 aliphatic heterocycles. The highest BCUT2D eigenvalue weighted by molar-refractivity contribution is 7.87. The van der Waals surface area contributed by atoms with Crippen molar-refractivity contribution in [1.82, 2.24) is 0 Å². The molecule has 0 radical (unpaired) electrons. The lowest BCUT2D eigenvalue weighted by Crippen LogP contribution is -2.16. The van der Waals surface area contributed by atoms with Crippen LogP contribution in [-0.2, 0) is 0 Å². The van der Waals surface area contributed by atoms with Crippen molar-refractivity contribution in [2.24, 2.45) is 4.99 Å². The lowest BCUT2D eigenvalue weighted by Gasteiger charge is -2.15. The van der Waals surface area contributed by atoms with Gasteiger partial charge in [0.2, 0.25) is 0 Å². The maximum atomic E-state index is 13.0. The zero-order valence-corrected chi connectivity index (χ0v) is 14.4. The maximum Gasteiger partial charge on any atom is 0.275 e. The normalized spacial score (nSPS) is 11.5. The van der Waals surface area contributed by atoms with Crippen molar-refractivity contribution in [3.8, 4) is 0 Å². The third kappa shape index (κ3) is 3.84. The van der Waals surface area contributed by atoms with E-state index in [0.29, 0.717) is 0 Å². The fourth-order valence-electron chi connectivity index (χ4n) is 2.46. The largest absolute Gasteiger partial charge is 0.275 e. The summed E-state index contributed by atoms with van der Waals surface area (Å²) in [5.74, 6) is 0. The molecule has 0 fully saturated rings. The van der Waals surface area contributed by atoms with Gasteiger partial charge in [-0.15, -0.1) is 0 Å². The minimum Gasteiger partial charge on any atom is -0.267 e. The number of aliphatic imine (C=N–C) groups is 1. The van der Waals surface area contributed by atoms with E-state index in [4.69, 9.17) is 0 Å². The monoisotopic (exact) mass is 331 g/mol. The number of benzene rings is 3. The van der Waals surface area contributed by atoms with E-state index >= 15 is 0 Å². The summed E-state index contributed by atoms with van der Waals surface area (Å²) < 4.78 is 0. The summed E-state index contributed by atoms with van der Waals surface area (Å²) in [5, 5.41) is 2.04. The molecule has 24 heavy (non-hydrogen) atoms. The van der Waals surface area contributed by atoms with Crippen molar-refractivity contribution in [3.05, 3.63) is 96.6 Å². The minimum atomic E-state index is -1.16. The van der Waals surface area contributed by atoms with Gasteiger partial charge in [0.25, 0.3) is 5.65 Å². The smallest absolute Gasteiger partial charge is 0.267 e. The number of hydrogen-bond acceptors (Lipinski definition) is 1. The molecule has 2 nitrogen and oxygen atoms in total. The van der Waals surface area contributed by atoms with Crippen LogP contribution < -0.4 is 10.6 Å². The third-order valence-corrected chi connectivity index (χ3v) is 5.79. The van der Waals surface area contributed by atoms with Gasteiger partial charge in [0.15, 0.2) is 0 Å². The second-order valence-electron chi connectivity index (χ2n) is 5.35. The lowest BCUT2D eigenvalue weighted by molar-refractivity contribution is 0.267. The van der Waals surface area contributed by atoms with Gasteiger partial charge in [0.05, 0.1) is 7.92 Å². The van der Waals surface area contributed by atoms with Crippen molar-refractivity contribution in [3.63, 3.8) is 0 Å². The van der Waals surface area contributed by atoms with Gasteiger partial charge in [-0.2, -0.15) is 0 Å². The molecule has 0 N–H and O–H groups in total. The van der Waals surface area contributed by atoms with Crippen LogP contribution in [0.15, 0.2) is 96.0 Å². The molecule has 1 amide bonds. The molecule has 0 saturated heterocycles. The average molecular weight is 331 g/mol. The quantitative estimate of drug-likeness (QED) is 0.501. The summed E-state index contributed by atoms with van der Waals surface area (Å²) in [5.41, 5.74) is 1.64. The Morgan fingerprint density at radius 2 is 1.12 bits per heavy atom. The Bertz CT molecular complexity index is 790. The summed E-state index contributed by atoms with van der Waals surface area (Å²) in [6, 6.07) is 29.6. The van der Waals surface area contributed by atoms with Gasteiger partial charge in [-0.3, -0.25) is 4.79 Å². The summed E-state index contributed by atoms with van der Waals surface area (Å²) in [4.78, 5) is 17.4. The summed E-state index contributed by atoms with van der Waals surface area (Å²) in [6.45, 7) is 1.89. The minimum absolute atomic E-state index is 0.0799. The predicted octanol–water partition coefficient (Wildman–Crippen LogP) is 4.75. The number of rotatable bonds is 4. The number of amides is 1. The highest BCUT2D eigenvalue weighted by Gasteiger charge is 2.22. The van der Waals surface area contributed by atoms with Crippen molar-refractivity contribution in [2.45, 2.75) is 6.92 Å². The van der Waals surface area contributed by atoms with Gasteiger partial charge < -0.3 is 0 Å². The Morgan fingerprint density at radius 3 is 1.58 bits per heavy atom. The molecule has 0 spiro atoms. The van der Waals surface area contributed by atoms with Gasteiger partial charge in [-0.25, -0.2) is 4.99 Å². The number of carbonyl (C=O) groups is 1. The van der Waals surface area contributed by atoms with E-state index in [1.165, 1.54) is 0 Å². The molecule has 0 aromatic heterocycles. The van der Waals surface area contributed by atoms with E-state index in [9.17, 15) is 4.79 Å². The summed E-state index contributed by atoms with van der Waals surface area (Å²) in [7, 11) is -1.16. The highest BCUT2D eigenvalue weighted by atomic mass is 31.1. The molecule has 0 bridgehead atoms. The summed E-state index contributed by atoms with van der Waals surface area (Å²) >= 11 is 0.